The first-order valence-corrected chi connectivity index (χ1v) is 9.18. The third-order valence-electron chi connectivity index (χ3n) is 4.18. The molecule has 2 aromatic heterocycles. The molecule has 3 rings (SSSR count). The van der Waals surface area contributed by atoms with E-state index in [4.69, 9.17) is 11.6 Å². The van der Waals surface area contributed by atoms with Gasteiger partial charge in [-0.15, -0.1) is 0 Å². The number of halogens is 2. The van der Waals surface area contributed by atoms with Crippen LogP contribution in [-0.2, 0) is 6.54 Å². The van der Waals surface area contributed by atoms with Crippen molar-refractivity contribution in [2.45, 2.75) is 33.2 Å². The van der Waals surface area contributed by atoms with Gasteiger partial charge in [0.25, 0.3) is 0 Å². The SMILES string of the molecule is Cc1cc(C(C)C)c(-c2cc(Cl)cc(Br)c2)n1Cc1ccncc1. The van der Waals surface area contributed by atoms with Crippen molar-refractivity contribution in [3.8, 4) is 11.3 Å². The van der Waals surface area contributed by atoms with Crippen LogP contribution in [0.25, 0.3) is 11.3 Å². The largest absolute Gasteiger partial charge is 0.340 e. The zero-order chi connectivity index (χ0) is 17.3. The summed E-state index contributed by atoms with van der Waals surface area (Å²) in [7, 11) is 0. The first-order valence-electron chi connectivity index (χ1n) is 8.01. The summed E-state index contributed by atoms with van der Waals surface area (Å²) in [5, 5.41) is 0.739. The molecule has 0 unspecified atom stereocenters. The molecule has 124 valence electrons. The van der Waals surface area contributed by atoms with E-state index in [1.165, 1.54) is 22.5 Å². The molecule has 0 fully saturated rings. The zero-order valence-corrected chi connectivity index (χ0v) is 16.4. The summed E-state index contributed by atoms with van der Waals surface area (Å²) in [5.41, 5.74) is 6.21. The molecule has 0 amide bonds. The lowest BCUT2D eigenvalue weighted by molar-refractivity contribution is 0.775. The minimum atomic E-state index is 0.440. The van der Waals surface area contributed by atoms with Crippen molar-refractivity contribution in [1.82, 2.24) is 9.55 Å². The van der Waals surface area contributed by atoms with Crippen molar-refractivity contribution in [1.29, 1.82) is 0 Å². The summed E-state index contributed by atoms with van der Waals surface area (Å²) in [6.07, 6.45) is 3.68. The highest BCUT2D eigenvalue weighted by Gasteiger charge is 2.18. The fraction of sp³-hybridized carbons (Fsp3) is 0.250. The lowest BCUT2D eigenvalue weighted by atomic mass is 9.99. The number of pyridine rings is 1. The van der Waals surface area contributed by atoms with Gasteiger partial charge in [0.15, 0.2) is 0 Å². The molecule has 0 saturated heterocycles. The Kier molecular flexibility index (Phi) is 5.12. The van der Waals surface area contributed by atoms with E-state index in [1.54, 1.807) is 0 Å². The topological polar surface area (TPSA) is 17.8 Å². The molecule has 0 atom stereocenters. The van der Waals surface area contributed by atoms with Crippen molar-refractivity contribution >= 4 is 27.5 Å². The molecule has 0 saturated carbocycles. The van der Waals surface area contributed by atoms with Crippen molar-refractivity contribution in [2.75, 3.05) is 0 Å². The van der Waals surface area contributed by atoms with E-state index in [2.05, 4.69) is 70.5 Å². The standard InChI is InChI=1S/C20H20BrClN2/c1-13(2)19-8-14(3)24(12-15-4-6-23-7-5-15)20(19)16-9-17(21)11-18(22)10-16/h4-11,13H,12H2,1-3H3. The molecular formula is C20H20BrClN2. The third-order valence-corrected chi connectivity index (χ3v) is 4.86. The van der Waals surface area contributed by atoms with Gasteiger partial charge in [-0.05, 0) is 60.4 Å². The van der Waals surface area contributed by atoms with Crippen LogP contribution in [0.3, 0.4) is 0 Å². The second-order valence-electron chi connectivity index (χ2n) is 6.34. The fourth-order valence-corrected chi connectivity index (χ4v) is 3.89. The second kappa shape index (κ2) is 7.12. The molecule has 2 heterocycles. The molecule has 0 radical (unpaired) electrons. The van der Waals surface area contributed by atoms with Crippen LogP contribution >= 0.6 is 27.5 Å². The number of aryl methyl sites for hydroxylation is 1. The van der Waals surface area contributed by atoms with Crippen molar-refractivity contribution in [2.24, 2.45) is 0 Å². The Labute approximate surface area is 156 Å². The van der Waals surface area contributed by atoms with E-state index >= 15 is 0 Å². The maximum atomic E-state index is 6.30. The van der Waals surface area contributed by atoms with Crippen LogP contribution in [0.15, 0.2) is 53.3 Å². The summed E-state index contributed by atoms with van der Waals surface area (Å²) in [6, 6.07) is 12.5. The van der Waals surface area contributed by atoms with E-state index < -0.39 is 0 Å². The van der Waals surface area contributed by atoms with Crippen LogP contribution in [-0.4, -0.2) is 9.55 Å². The summed E-state index contributed by atoms with van der Waals surface area (Å²) < 4.78 is 3.36. The number of benzene rings is 1. The number of hydrogen-bond acceptors (Lipinski definition) is 1. The molecule has 0 N–H and O–H groups in total. The molecule has 2 nitrogen and oxygen atoms in total. The molecular weight excluding hydrogens is 384 g/mol. The predicted octanol–water partition coefficient (Wildman–Crippen LogP) is 6.45. The predicted molar refractivity (Wildman–Crippen MR) is 105 cm³/mol. The van der Waals surface area contributed by atoms with Gasteiger partial charge in [-0.3, -0.25) is 4.98 Å². The van der Waals surface area contributed by atoms with Gasteiger partial charge >= 0.3 is 0 Å². The Morgan fingerprint density at radius 3 is 2.46 bits per heavy atom. The summed E-state index contributed by atoms with van der Waals surface area (Å²) in [6.45, 7) is 7.44. The fourth-order valence-electron chi connectivity index (χ4n) is 3.03. The van der Waals surface area contributed by atoms with Gasteiger partial charge in [0.05, 0.1) is 5.69 Å². The summed E-state index contributed by atoms with van der Waals surface area (Å²) in [4.78, 5) is 4.11. The average Bonchev–Trinajstić information content (AvgIpc) is 2.85. The molecule has 4 heteroatoms. The molecule has 24 heavy (non-hydrogen) atoms. The van der Waals surface area contributed by atoms with Crippen LogP contribution in [0.5, 0.6) is 0 Å². The van der Waals surface area contributed by atoms with Crippen molar-refractivity contribution < 1.29 is 0 Å². The molecule has 1 aromatic carbocycles. The Hall–Kier alpha value is -1.58. The normalized spacial score (nSPS) is 11.2. The zero-order valence-electron chi connectivity index (χ0n) is 14.1. The van der Waals surface area contributed by atoms with Crippen LogP contribution in [0, 0.1) is 6.92 Å². The Morgan fingerprint density at radius 1 is 1.12 bits per heavy atom. The molecule has 0 bridgehead atoms. The Bertz CT molecular complexity index is 833. The molecule has 0 aliphatic heterocycles. The van der Waals surface area contributed by atoms with Gasteiger partial charge in [0, 0.05) is 39.7 Å². The van der Waals surface area contributed by atoms with Gasteiger partial charge < -0.3 is 4.57 Å². The highest BCUT2D eigenvalue weighted by atomic mass is 79.9. The van der Waals surface area contributed by atoms with Gasteiger partial charge in [0.2, 0.25) is 0 Å². The van der Waals surface area contributed by atoms with E-state index in [0.29, 0.717) is 5.92 Å². The van der Waals surface area contributed by atoms with E-state index in [0.717, 1.165) is 21.6 Å². The first kappa shape index (κ1) is 17.2. The van der Waals surface area contributed by atoms with Gasteiger partial charge in [-0.1, -0.05) is 41.4 Å². The minimum absolute atomic E-state index is 0.440. The number of rotatable bonds is 4. The molecule has 0 aliphatic carbocycles. The van der Waals surface area contributed by atoms with E-state index in [9.17, 15) is 0 Å². The number of hydrogen-bond donors (Lipinski definition) is 0. The maximum Gasteiger partial charge on any atom is 0.0521 e. The lowest BCUT2D eigenvalue weighted by Gasteiger charge is -2.16. The Balaban J connectivity index is 2.18. The molecule has 0 spiro atoms. The highest BCUT2D eigenvalue weighted by Crippen LogP contribution is 2.35. The average molecular weight is 404 g/mol. The quantitative estimate of drug-likeness (QED) is 0.489. The van der Waals surface area contributed by atoms with Crippen LogP contribution in [0.2, 0.25) is 5.02 Å². The van der Waals surface area contributed by atoms with Crippen LogP contribution in [0.4, 0.5) is 0 Å². The highest BCUT2D eigenvalue weighted by molar-refractivity contribution is 9.10. The van der Waals surface area contributed by atoms with Crippen LogP contribution < -0.4 is 0 Å². The van der Waals surface area contributed by atoms with E-state index in [-0.39, 0.29) is 0 Å². The van der Waals surface area contributed by atoms with Crippen LogP contribution in [0.1, 0.15) is 36.6 Å². The van der Waals surface area contributed by atoms with E-state index in [1.807, 2.05) is 24.5 Å². The van der Waals surface area contributed by atoms with Gasteiger partial charge in [0.1, 0.15) is 0 Å². The first-order chi connectivity index (χ1) is 11.5. The summed E-state index contributed by atoms with van der Waals surface area (Å²) in [5.74, 6) is 0.440. The number of aromatic nitrogens is 2. The van der Waals surface area contributed by atoms with Crippen molar-refractivity contribution in [3.63, 3.8) is 0 Å². The Morgan fingerprint density at radius 2 is 1.83 bits per heavy atom. The molecule has 3 aromatic rings. The second-order valence-corrected chi connectivity index (χ2v) is 7.70. The lowest BCUT2D eigenvalue weighted by Crippen LogP contribution is -2.05. The smallest absolute Gasteiger partial charge is 0.0521 e. The maximum absolute atomic E-state index is 6.30. The monoisotopic (exact) mass is 402 g/mol. The molecule has 0 aliphatic rings. The van der Waals surface area contributed by atoms with Crippen molar-refractivity contribution in [3.05, 3.63) is 75.1 Å². The van der Waals surface area contributed by atoms with Gasteiger partial charge in [-0.25, -0.2) is 0 Å². The number of nitrogens with zero attached hydrogens (tertiary/aromatic N) is 2. The minimum Gasteiger partial charge on any atom is -0.340 e. The summed E-state index contributed by atoms with van der Waals surface area (Å²) >= 11 is 9.87. The third kappa shape index (κ3) is 3.57. The van der Waals surface area contributed by atoms with Gasteiger partial charge in [-0.2, -0.15) is 0 Å².